The van der Waals surface area contributed by atoms with Gasteiger partial charge in [0.2, 0.25) is 17.6 Å². The van der Waals surface area contributed by atoms with Crippen LogP contribution in [-0.4, -0.2) is 29.1 Å². The second-order valence-corrected chi connectivity index (χ2v) is 6.77. The number of nitrogens with zero attached hydrogens (tertiary/aromatic N) is 2. The average Bonchev–Trinajstić information content (AvgIpc) is 3.22. The molecule has 2 aromatic carbocycles. The van der Waals surface area contributed by atoms with Gasteiger partial charge < -0.3 is 14.6 Å². The van der Waals surface area contributed by atoms with E-state index in [0.717, 1.165) is 11.1 Å². The molecule has 0 fully saturated rings. The van der Waals surface area contributed by atoms with Crippen LogP contribution in [0.5, 0.6) is 0 Å². The molecule has 0 saturated heterocycles. The summed E-state index contributed by atoms with van der Waals surface area (Å²) in [6.45, 7) is 0. The monoisotopic (exact) mass is 413 g/mol. The van der Waals surface area contributed by atoms with Gasteiger partial charge in [-0.25, -0.2) is 0 Å². The van der Waals surface area contributed by atoms with Crippen molar-refractivity contribution in [1.29, 1.82) is 0 Å². The molecule has 0 aliphatic rings. The number of methoxy groups -OCH3 is 1. The minimum absolute atomic E-state index is 0.0491. The van der Waals surface area contributed by atoms with Crippen LogP contribution in [0.3, 0.4) is 0 Å². The van der Waals surface area contributed by atoms with Crippen molar-refractivity contribution in [3.8, 4) is 11.4 Å². The summed E-state index contributed by atoms with van der Waals surface area (Å²) in [6.07, 6.45) is 0.479. The van der Waals surface area contributed by atoms with E-state index < -0.39 is 12.0 Å². The van der Waals surface area contributed by atoms with E-state index in [1.54, 1.807) is 24.3 Å². The first-order valence-corrected chi connectivity index (χ1v) is 9.42. The third-order valence-electron chi connectivity index (χ3n) is 4.27. The maximum Gasteiger partial charge on any atom is 0.307 e. The quantitative estimate of drug-likeness (QED) is 0.565. The van der Waals surface area contributed by atoms with Crippen molar-refractivity contribution >= 4 is 23.5 Å². The van der Waals surface area contributed by atoms with Crippen LogP contribution in [0.15, 0.2) is 59.1 Å². The molecule has 0 spiro atoms. The maximum atomic E-state index is 12.4. The summed E-state index contributed by atoms with van der Waals surface area (Å²) in [5, 5.41) is 7.42. The second kappa shape index (κ2) is 9.84. The topological polar surface area (TPSA) is 94.3 Å². The molecule has 1 heterocycles. The molecule has 7 nitrogen and oxygen atoms in total. The molecule has 1 atom stereocenters. The third kappa shape index (κ3) is 5.89. The minimum Gasteiger partial charge on any atom is -0.469 e. The van der Waals surface area contributed by atoms with Crippen LogP contribution in [0, 0.1) is 0 Å². The van der Waals surface area contributed by atoms with Crippen LogP contribution >= 0.6 is 11.6 Å². The van der Waals surface area contributed by atoms with Crippen LogP contribution in [0.1, 0.15) is 30.3 Å². The lowest BCUT2D eigenvalue weighted by Gasteiger charge is -2.18. The zero-order chi connectivity index (χ0) is 20.6. The smallest absolute Gasteiger partial charge is 0.307 e. The molecule has 0 radical (unpaired) electrons. The molecule has 0 bridgehead atoms. The highest BCUT2D eigenvalue weighted by Gasteiger charge is 2.19. The number of benzene rings is 2. The molecule has 3 aromatic rings. The summed E-state index contributed by atoms with van der Waals surface area (Å²) >= 11 is 5.88. The van der Waals surface area contributed by atoms with E-state index in [1.165, 1.54) is 7.11 Å². The standard InChI is InChI=1S/C21H20ClN3O4/c1-28-20(27)13-17(14-5-3-2-4-6-14)23-18(26)11-12-19-24-21(25-29-19)15-7-9-16(22)10-8-15/h2-10,17H,11-13H2,1H3,(H,23,26). The first-order valence-electron chi connectivity index (χ1n) is 9.05. The third-order valence-corrected chi connectivity index (χ3v) is 4.52. The zero-order valence-corrected chi connectivity index (χ0v) is 16.6. The number of nitrogens with one attached hydrogen (secondary N) is 1. The fourth-order valence-corrected chi connectivity index (χ4v) is 2.87. The highest BCUT2D eigenvalue weighted by atomic mass is 35.5. The van der Waals surface area contributed by atoms with E-state index in [2.05, 4.69) is 15.5 Å². The molecular formula is C21H20ClN3O4. The normalized spacial score (nSPS) is 11.7. The SMILES string of the molecule is COC(=O)CC(NC(=O)CCc1nc(-c2ccc(Cl)cc2)no1)c1ccccc1. The number of ether oxygens (including phenoxy) is 1. The number of carbonyl (C=O) groups excluding carboxylic acids is 2. The Bertz CT molecular complexity index is 958. The zero-order valence-electron chi connectivity index (χ0n) is 15.8. The Morgan fingerprint density at radius 1 is 1.14 bits per heavy atom. The molecule has 1 unspecified atom stereocenters. The number of esters is 1. The molecule has 1 N–H and O–H groups in total. The predicted octanol–water partition coefficient (Wildman–Crippen LogP) is 3.74. The predicted molar refractivity (Wildman–Crippen MR) is 107 cm³/mol. The van der Waals surface area contributed by atoms with Crippen LogP contribution in [-0.2, 0) is 20.7 Å². The number of hydrogen-bond donors (Lipinski definition) is 1. The van der Waals surface area contributed by atoms with Crippen molar-refractivity contribution in [3.63, 3.8) is 0 Å². The van der Waals surface area contributed by atoms with Crippen LogP contribution in [0.4, 0.5) is 0 Å². The van der Waals surface area contributed by atoms with Gasteiger partial charge in [0, 0.05) is 23.4 Å². The van der Waals surface area contributed by atoms with Crippen molar-refractivity contribution in [1.82, 2.24) is 15.5 Å². The number of aromatic nitrogens is 2. The molecule has 150 valence electrons. The van der Waals surface area contributed by atoms with Gasteiger partial charge in [0.25, 0.3) is 0 Å². The van der Waals surface area contributed by atoms with E-state index in [-0.39, 0.29) is 25.2 Å². The van der Waals surface area contributed by atoms with E-state index in [0.29, 0.717) is 16.7 Å². The van der Waals surface area contributed by atoms with Crippen molar-refractivity contribution in [2.24, 2.45) is 0 Å². The van der Waals surface area contributed by atoms with E-state index in [4.69, 9.17) is 20.9 Å². The summed E-state index contributed by atoms with van der Waals surface area (Å²) in [6, 6.07) is 15.9. The van der Waals surface area contributed by atoms with Gasteiger partial charge in [-0.15, -0.1) is 0 Å². The van der Waals surface area contributed by atoms with E-state index in [1.807, 2.05) is 30.3 Å². The number of hydrogen-bond acceptors (Lipinski definition) is 6. The van der Waals surface area contributed by atoms with Gasteiger partial charge in [-0.2, -0.15) is 4.98 Å². The molecular weight excluding hydrogens is 394 g/mol. The van der Waals surface area contributed by atoms with Crippen LogP contribution in [0.25, 0.3) is 11.4 Å². The van der Waals surface area contributed by atoms with Crippen molar-refractivity contribution in [3.05, 3.63) is 71.1 Å². The van der Waals surface area contributed by atoms with E-state index >= 15 is 0 Å². The molecule has 0 saturated carbocycles. The fraction of sp³-hybridized carbons (Fsp3) is 0.238. The molecule has 8 heteroatoms. The van der Waals surface area contributed by atoms with Gasteiger partial charge >= 0.3 is 5.97 Å². The van der Waals surface area contributed by atoms with Gasteiger partial charge in [-0.05, 0) is 29.8 Å². The number of rotatable bonds is 8. The lowest BCUT2D eigenvalue weighted by Crippen LogP contribution is -2.30. The van der Waals surface area contributed by atoms with Crippen LogP contribution < -0.4 is 5.32 Å². The van der Waals surface area contributed by atoms with E-state index in [9.17, 15) is 9.59 Å². The Morgan fingerprint density at radius 2 is 1.86 bits per heavy atom. The minimum atomic E-state index is -0.469. The fourth-order valence-electron chi connectivity index (χ4n) is 2.75. The van der Waals surface area contributed by atoms with Crippen molar-refractivity contribution in [2.45, 2.75) is 25.3 Å². The second-order valence-electron chi connectivity index (χ2n) is 6.33. The summed E-state index contributed by atoms with van der Waals surface area (Å²) < 4.78 is 9.96. The van der Waals surface area contributed by atoms with Crippen LogP contribution in [0.2, 0.25) is 5.02 Å². The Morgan fingerprint density at radius 3 is 2.55 bits per heavy atom. The Kier molecular flexibility index (Phi) is 6.97. The summed E-state index contributed by atoms with van der Waals surface area (Å²) in [7, 11) is 1.32. The lowest BCUT2D eigenvalue weighted by atomic mass is 10.0. The Labute approximate surface area is 173 Å². The molecule has 29 heavy (non-hydrogen) atoms. The molecule has 3 rings (SSSR count). The Balaban J connectivity index is 1.59. The van der Waals surface area contributed by atoms with Crippen molar-refractivity contribution < 1.29 is 18.8 Å². The molecule has 1 amide bonds. The number of aryl methyl sites for hydroxylation is 1. The van der Waals surface area contributed by atoms with Gasteiger partial charge in [-0.1, -0.05) is 47.1 Å². The Hall–Kier alpha value is -3.19. The highest BCUT2D eigenvalue weighted by Crippen LogP contribution is 2.20. The van der Waals surface area contributed by atoms with Gasteiger partial charge in [0.15, 0.2) is 0 Å². The highest BCUT2D eigenvalue weighted by molar-refractivity contribution is 6.30. The largest absolute Gasteiger partial charge is 0.469 e. The van der Waals surface area contributed by atoms with Gasteiger partial charge in [0.05, 0.1) is 19.6 Å². The van der Waals surface area contributed by atoms with Gasteiger partial charge in [-0.3, -0.25) is 9.59 Å². The first kappa shape index (κ1) is 20.5. The van der Waals surface area contributed by atoms with Crippen molar-refractivity contribution in [2.75, 3.05) is 7.11 Å². The summed E-state index contributed by atoms with van der Waals surface area (Å²) in [4.78, 5) is 28.4. The number of halogens is 1. The van der Waals surface area contributed by atoms with Gasteiger partial charge in [0.1, 0.15) is 0 Å². The number of carbonyl (C=O) groups is 2. The molecule has 0 aliphatic carbocycles. The molecule has 0 aliphatic heterocycles. The summed E-state index contributed by atoms with van der Waals surface area (Å²) in [5.41, 5.74) is 1.60. The lowest BCUT2D eigenvalue weighted by molar-refractivity contribution is -0.141. The molecule has 1 aromatic heterocycles. The summed E-state index contributed by atoms with van der Waals surface area (Å²) in [5.74, 6) is 0.164. The number of amides is 1. The first-order chi connectivity index (χ1) is 14.0. The average molecular weight is 414 g/mol. The maximum absolute atomic E-state index is 12.4.